The van der Waals surface area contributed by atoms with Gasteiger partial charge in [-0.05, 0) is 45.2 Å². The number of hydrogen-bond acceptors (Lipinski definition) is 5. The molecule has 0 spiro atoms. The van der Waals surface area contributed by atoms with E-state index < -0.39 is 5.60 Å². The second-order valence-corrected chi connectivity index (χ2v) is 8.24. The minimum atomic E-state index is -0.491. The lowest BCUT2D eigenvalue weighted by atomic mass is 10.0. The number of carbonyl (C=O) groups excluding carboxylic acids is 1. The molecule has 0 unspecified atom stereocenters. The first-order valence-electron chi connectivity index (χ1n) is 9.62. The van der Waals surface area contributed by atoms with Crippen LogP contribution in [0.25, 0.3) is 0 Å². The lowest BCUT2D eigenvalue weighted by Crippen LogP contribution is -2.42. The van der Waals surface area contributed by atoms with Crippen molar-refractivity contribution in [1.29, 1.82) is 0 Å². The summed E-state index contributed by atoms with van der Waals surface area (Å²) in [6.45, 7) is 9.18. The van der Waals surface area contributed by atoms with Crippen molar-refractivity contribution in [2.45, 2.75) is 58.8 Å². The molecule has 0 radical (unpaired) electrons. The van der Waals surface area contributed by atoms with Gasteiger partial charge in [0.1, 0.15) is 5.60 Å². The number of para-hydroxylation sites is 1. The van der Waals surface area contributed by atoms with Gasteiger partial charge in [0.05, 0.1) is 13.1 Å². The maximum absolute atomic E-state index is 12.3. The highest BCUT2D eigenvalue weighted by atomic mass is 16.6. The molecule has 27 heavy (non-hydrogen) atoms. The standard InChI is InChI=1S/C20H27N5O2/c1-20(2,3)27-19(26)24-11-12-25-17(21-22-18(25)14-24)13-23-10-6-8-15-7-4-5-9-16(15)23/h4-5,7,9H,6,8,10-14H2,1-3H3. The minimum absolute atomic E-state index is 0.289. The van der Waals surface area contributed by atoms with Gasteiger partial charge in [-0.2, -0.15) is 0 Å². The van der Waals surface area contributed by atoms with E-state index >= 15 is 0 Å². The summed E-state index contributed by atoms with van der Waals surface area (Å²) in [5, 5.41) is 8.77. The predicted octanol–water partition coefficient (Wildman–Crippen LogP) is 2.98. The molecule has 4 rings (SSSR count). The van der Waals surface area contributed by atoms with Crippen molar-refractivity contribution in [2.75, 3.05) is 18.0 Å². The van der Waals surface area contributed by atoms with Gasteiger partial charge in [0.2, 0.25) is 0 Å². The molecular formula is C20H27N5O2. The van der Waals surface area contributed by atoms with E-state index in [1.807, 2.05) is 20.8 Å². The summed E-state index contributed by atoms with van der Waals surface area (Å²) in [7, 11) is 0. The number of rotatable bonds is 2. The van der Waals surface area contributed by atoms with E-state index in [2.05, 4.69) is 43.9 Å². The number of nitrogens with zero attached hydrogens (tertiary/aromatic N) is 5. The first kappa shape index (κ1) is 17.8. The number of amides is 1. The van der Waals surface area contributed by atoms with Gasteiger partial charge in [-0.25, -0.2) is 4.79 Å². The summed E-state index contributed by atoms with van der Waals surface area (Å²) in [6.07, 6.45) is 2.00. The van der Waals surface area contributed by atoms with Crippen LogP contribution < -0.4 is 4.90 Å². The molecule has 0 atom stereocenters. The molecule has 0 aliphatic carbocycles. The third-order valence-corrected chi connectivity index (χ3v) is 5.02. The van der Waals surface area contributed by atoms with E-state index in [-0.39, 0.29) is 6.09 Å². The van der Waals surface area contributed by atoms with Gasteiger partial charge in [-0.15, -0.1) is 10.2 Å². The third-order valence-electron chi connectivity index (χ3n) is 5.02. The van der Waals surface area contributed by atoms with Gasteiger partial charge in [0, 0.05) is 25.3 Å². The molecule has 2 aromatic rings. The van der Waals surface area contributed by atoms with Gasteiger partial charge < -0.3 is 14.2 Å². The van der Waals surface area contributed by atoms with Crippen molar-refractivity contribution < 1.29 is 9.53 Å². The SMILES string of the molecule is CC(C)(C)OC(=O)N1CCn2c(nnc2CN2CCCc3ccccc32)C1. The predicted molar refractivity (Wildman–Crippen MR) is 102 cm³/mol. The van der Waals surface area contributed by atoms with Gasteiger partial charge >= 0.3 is 6.09 Å². The maximum Gasteiger partial charge on any atom is 0.410 e. The molecule has 3 heterocycles. The number of aromatic nitrogens is 3. The largest absolute Gasteiger partial charge is 0.444 e. The van der Waals surface area contributed by atoms with Crippen LogP contribution in [0.3, 0.4) is 0 Å². The Morgan fingerprint density at radius 1 is 1.15 bits per heavy atom. The Bertz CT molecular complexity index is 839. The normalized spacial score (nSPS) is 16.7. The Balaban J connectivity index is 1.48. The molecule has 0 saturated carbocycles. The molecule has 0 bridgehead atoms. The minimum Gasteiger partial charge on any atom is -0.444 e. The lowest BCUT2D eigenvalue weighted by Gasteiger charge is -2.32. The van der Waals surface area contributed by atoms with E-state index in [1.165, 1.54) is 11.3 Å². The van der Waals surface area contributed by atoms with Crippen molar-refractivity contribution >= 4 is 11.8 Å². The molecule has 0 N–H and O–H groups in total. The molecule has 7 nitrogen and oxygen atoms in total. The number of ether oxygens (including phenoxy) is 1. The van der Waals surface area contributed by atoms with Crippen LogP contribution in [0, 0.1) is 0 Å². The average molecular weight is 369 g/mol. The van der Waals surface area contributed by atoms with Crippen molar-refractivity contribution in [3.05, 3.63) is 41.5 Å². The summed E-state index contributed by atoms with van der Waals surface area (Å²) < 4.78 is 7.63. The zero-order chi connectivity index (χ0) is 19.0. The Labute approximate surface area is 159 Å². The van der Waals surface area contributed by atoms with Crippen LogP contribution in [-0.4, -0.2) is 44.4 Å². The Kier molecular flexibility index (Phi) is 4.53. The van der Waals surface area contributed by atoms with Gasteiger partial charge in [-0.1, -0.05) is 18.2 Å². The summed E-state index contributed by atoms with van der Waals surface area (Å²) in [5.74, 6) is 1.79. The number of hydrogen-bond donors (Lipinski definition) is 0. The van der Waals surface area contributed by atoms with Gasteiger partial charge in [-0.3, -0.25) is 4.90 Å². The van der Waals surface area contributed by atoms with E-state index in [0.29, 0.717) is 19.6 Å². The smallest absolute Gasteiger partial charge is 0.410 e. The second-order valence-electron chi connectivity index (χ2n) is 8.24. The van der Waals surface area contributed by atoms with Crippen LogP contribution in [0.1, 0.15) is 44.4 Å². The first-order valence-corrected chi connectivity index (χ1v) is 9.62. The maximum atomic E-state index is 12.3. The number of carbonyl (C=O) groups is 1. The third kappa shape index (κ3) is 3.77. The Hall–Kier alpha value is -2.57. The summed E-state index contributed by atoms with van der Waals surface area (Å²) in [4.78, 5) is 16.4. The number of anilines is 1. The molecule has 0 fully saturated rings. The molecule has 0 saturated heterocycles. The van der Waals surface area contributed by atoms with Crippen LogP contribution in [0.15, 0.2) is 24.3 Å². The van der Waals surface area contributed by atoms with Gasteiger partial charge in [0.25, 0.3) is 0 Å². The van der Waals surface area contributed by atoms with Crippen molar-refractivity contribution in [2.24, 2.45) is 0 Å². The second kappa shape index (κ2) is 6.87. The van der Waals surface area contributed by atoms with E-state index in [0.717, 1.165) is 37.6 Å². The first-order chi connectivity index (χ1) is 12.9. The van der Waals surface area contributed by atoms with Crippen LogP contribution in [0.4, 0.5) is 10.5 Å². The zero-order valence-corrected chi connectivity index (χ0v) is 16.3. The van der Waals surface area contributed by atoms with Crippen LogP contribution in [-0.2, 0) is 30.8 Å². The summed E-state index contributed by atoms with van der Waals surface area (Å²) >= 11 is 0. The Morgan fingerprint density at radius 2 is 1.96 bits per heavy atom. The highest BCUT2D eigenvalue weighted by molar-refractivity contribution is 5.68. The van der Waals surface area contributed by atoms with Crippen LogP contribution in [0.5, 0.6) is 0 Å². The fourth-order valence-electron chi connectivity index (χ4n) is 3.76. The summed E-state index contributed by atoms with van der Waals surface area (Å²) in [6, 6.07) is 8.59. The molecule has 1 aromatic carbocycles. The topological polar surface area (TPSA) is 63.5 Å². The number of benzene rings is 1. The molecular weight excluding hydrogens is 342 g/mol. The van der Waals surface area contributed by atoms with Crippen molar-refractivity contribution in [1.82, 2.24) is 19.7 Å². The van der Waals surface area contributed by atoms with Crippen LogP contribution in [0.2, 0.25) is 0 Å². The highest BCUT2D eigenvalue weighted by Gasteiger charge is 2.29. The van der Waals surface area contributed by atoms with Gasteiger partial charge in [0.15, 0.2) is 11.6 Å². The quantitative estimate of drug-likeness (QED) is 0.814. The van der Waals surface area contributed by atoms with Crippen molar-refractivity contribution in [3.8, 4) is 0 Å². The Morgan fingerprint density at radius 3 is 2.78 bits per heavy atom. The zero-order valence-electron chi connectivity index (χ0n) is 16.3. The molecule has 1 aromatic heterocycles. The molecule has 2 aliphatic rings. The molecule has 7 heteroatoms. The lowest BCUT2D eigenvalue weighted by molar-refractivity contribution is 0.0194. The fraction of sp³-hybridized carbons (Fsp3) is 0.550. The highest BCUT2D eigenvalue weighted by Crippen LogP contribution is 2.28. The molecule has 2 aliphatic heterocycles. The number of aryl methyl sites for hydroxylation is 1. The molecule has 1 amide bonds. The fourth-order valence-corrected chi connectivity index (χ4v) is 3.76. The average Bonchev–Trinajstić information content (AvgIpc) is 3.03. The van der Waals surface area contributed by atoms with Crippen LogP contribution >= 0.6 is 0 Å². The van der Waals surface area contributed by atoms with E-state index in [4.69, 9.17) is 4.74 Å². The monoisotopic (exact) mass is 369 g/mol. The van der Waals surface area contributed by atoms with E-state index in [1.54, 1.807) is 4.90 Å². The summed E-state index contributed by atoms with van der Waals surface area (Å²) in [5.41, 5.74) is 2.21. The molecule has 144 valence electrons. The number of fused-ring (bicyclic) bond motifs is 2. The van der Waals surface area contributed by atoms with E-state index in [9.17, 15) is 4.79 Å². The van der Waals surface area contributed by atoms with Crippen molar-refractivity contribution in [3.63, 3.8) is 0 Å².